The fourth-order valence-electron chi connectivity index (χ4n) is 2.63. The first-order valence-electron chi connectivity index (χ1n) is 7.88. The number of rotatable bonds is 6. The second kappa shape index (κ2) is 7.26. The Morgan fingerprint density at radius 2 is 1.88 bits per heavy atom. The maximum atomic E-state index is 12.5. The summed E-state index contributed by atoms with van der Waals surface area (Å²) in [5.41, 5.74) is -0.158. The van der Waals surface area contributed by atoms with Crippen LogP contribution >= 0.6 is 0 Å². The van der Waals surface area contributed by atoms with Crippen LogP contribution in [0.15, 0.2) is 41.4 Å². The predicted molar refractivity (Wildman–Crippen MR) is 92.0 cm³/mol. The van der Waals surface area contributed by atoms with Crippen LogP contribution in [0.5, 0.6) is 17.4 Å². The Hall–Kier alpha value is -2.72. The number of nitro groups is 1. The first-order chi connectivity index (χ1) is 12.4. The number of benzene rings is 1. The standard InChI is InChI=1S/C16H17N3O6S/c1-24-14-6-4-12(19(20)21)10-15(14)25-16-7-5-13(11-17-16)26(22,23)18-8-2-3-9-18/h4-7,10-11H,2-3,8-9H2,1H3. The summed E-state index contributed by atoms with van der Waals surface area (Å²) in [6, 6.07) is 6.74. The summed E-state index contributed by atoms with van der Waals surface area (Å²) in [7, 11) is -2.15. The Morgan fingerprint density at radius 3 is 2.46 bits per heavy atom. The van der Waals surface area contributed by atoms with Gasteiger partial charge in [-0.1, -0.05) is 0 Å². The molecule has 1 aromatic heterocycles. The highest BCUT2D eigenvalue weighted by atomic mass is 32.2. The van der Waals surface area contributed by atoms with E-state index in [0.29, 0.717) is 18.8 Å². The van der Waals surface area contributed by atoms with Crippen molar-refractivity contribution in [2.75, 3.05) is 20.2 Å². The van der Waals surface area contributed by atoms with E-state index in [1.807, 2.05) is 0 Å². The highest BCUT2D eigenvalue weighted by molar-refractivity contribution is 7.89. The molecule has 10 heteroatoms. The fourth-order valence-corrected chi connectivity index (χ4v) is 4.09. The zero-order chi connectivity index (χ0) is 18.7. The maximum Gasteiger partial charge on any atom is 0.273 e. The van der Waals surface area contributed by atoms with E-state index in [2.05, 4.69) is 4.98 Å². The summed E-state index contributed by atoms with van der Waals surface area (Å²) in [4.78, 5) is 14.4. The van der Waals surface area contributed by atoms with E-state index in [1.165, 1.54) is 47.9 Å². The summed E-state index contributed by atoms with van der Waals surface area (Å²) in [5, 5.41) is 10.9. The van der Waals surface area contributed by atoms with E-state index in [4.69, 9.17) is 9.47 Å². The number of sulfonamides is 1. The van der Waals surface area contributed by atoms with Crippen molar-refractivity contribution in [3.8, 4) is 17.4 Å². The lowest BCUT2D eigenvalue weighted by molar-refractivity contribution is -0.384. The molecule has 1 aliphatic rings. The minimum Gasteiger partial charge on any atom is -0.493 e. The first kappa shape index (κ1) is 18.1. The maximum absolute atomic E-state index is 12.5. The predicted octanol–water partition coefficient (Wildman–Crippen LogP) is 2.58. The van der Waals surface area contributed by atoms with E-state index in [0.717, 1.165) is 12.8 Å². The molecule has 0 spiro atoms. The number of nitro benzene ring substituents is 1. The lowest BCUT2D eigenvalue weighted by atomic mass is 10.3. The molecule has 0 saturated carbocycles. The molecule has 138 valence electrons. The summed E-state index contributed by atoms with van der Waals surface area (Å²) in [6.07, 6.45) is 2.91. The second-order valence-corrected chi connectivity index (χ2v) is 7.58. The Balaban J connectivity index is 1.84. The average molecular weight is 379 g/mol. The zero-order valence-electron chi connectivity index (χ0n) is 14.0. The number of hydrogen-bond donors (Lipinski definition) is 0. The topological polar surface area (TPSA) is 112 Å². The van der Waals surface area contributed by atoms with Crippen molar-refractivity contribution >= 4 is 15.7 Å². The van der Waals surface area contributed by atoms with Gasteiger partial charge in [-0.25, -0.2) is 13.4 Å². The summed E-state index contributed by atoms with van der Waals surface area (Å²) in [6.45, 7) is 1.01. The van der Waals surface area contributed by atoms with Crippen LogP contribution < -0.4 is 9.47 Å². The minimum atomic E-state index is -3.56. The normalized spacial score (nSPS) is 15.0. The molecule has 0 aliphatic carbocycles. The van der Waals surface area contributed by atoms with Crippen molar-refractivity contribution in [3.63, 3.8) is 0 Å². The molecule has 9 nitrogen and oxygen atoms in total. The van der Waals surface area contributed by atoms with E-state index in [9.17, 15) is 18.5 Å². The molecule has 0 radical (unpaired) electrons. The molecular weight excluding hydrogens is 362 g/mol. The van der Waals surface area contributed by atoms with Crippen molar-refractivity contribution in [3.05, 3.63) is 46.6 Å². The van der Waals surface area contributed by atoms with Crippen LogP contribution in [0.4, 0.5) is 5.69 Å². The number of hydrogen-bond acceptors (Lipinski definition) is 7. The minimum absolute atomic E-state index is 0.0813. The lowest BCUT2D eigenvalue weighted by Gasteiger charge is -2.15. The molecule has 3 rings (SSSR count). The van der Waals surface area contributed by atoms with E-state index < -0.39 is 14.9 Å². The van der Waals surface area contributed by atoms with Crippen molar-refractivity contribution < 1.29 is 22.8 Å². The molecule has 2 aromatic rings. The molecular formula is C16H17N3O6S. The molecule has 1 fully saturated rings. The van der Waals surface area contributed by atoms with Crippen LogP contribution in [0.3, 0.4) is 0 Å². The van der Waals surface area contributed by atoms with Gasteiger partial charge in [0.2, 0.25) is 15.9 Å². The third-order valence-corrected chi connectivity index (χ3v) is 5.87. The van der Waals surface area contributed by atoms with Crippen LogP contribution in [0.2, 0.25) is 0 Å². The Bertz CT molecular complexity index is 908. The van der Waals surface area contributed by atoms with Gasteiger partial charge < -0.3 is 9.47 Å². The number of nitrogens with zero attached hydrogens (tertiary/aromatic N) is 3. The zero-order valence-corrected chi connectivity index (χ0v) is 14.8. The third kappa shape index (κ3) is 3.60. The smallest absolute Gasteiger partial charge is 0.273 e. The number of ether oxygens (including phenoxy) is 2. The molecule has 1 aromatic carbocycles. The number of non-ortho nitro benzene ring substituents is 1. The molecule has 1 saturated heterocycles. The number of methoxy groups -OCH3 is 1. The van der Waals surface area contributed by atoms with Gasteiger partial charge in [0.05, 0.1) is 24.3 Å². The summed E-state index contributed by atoms with van der Waals surface area (Å²) < 4.78 is 37.0. The van der Waals surface area contributed by atoms with Gasteiger partial charge >= 0.3 is 0 Å². The average Bonchev–Trinajstić information content (AvgIpc) is 3.17. The molecule has 26 heavy (non-hydrogen) atoms. The molecule has 0 N–H and O–H groups in total. The van der Waals surface area contributed by atoms with Crippen molar-refractivity contribution in [2.45, 2.75) is 17.7 Å². The molecule has 0 amide bonds. The van der Waals surface area contributed by atoms with Crippen LogP contribution in [0.25, 0.3) is 0 Å². The van der Waals surface area contributed by atoms with Crippen LogP contribution in [0.1, 0.15) is 12.8 Å². The van der Waals surface area contributed by atoms with Gasteiger partial charge in [-0.2, -0.15) is 4.31 Å². The van der Waals surface area contributed by atoms with Gasteiger partial charge in [-0.05, 0) is 25.0 Å². The third-order valence-electron chi connectivity index (χ3n) is 3.98. The highest BCUT2D eigenvalue weighted by Crippen LogP contribution is 2.34. The van der Waals surface area contributed by atoms with Crippen LogP contribution in [-0.2, 0) is 10.0 Å². The van der Waals surface area contributed by atoms with Gasteiger partial charge in [-0.15, -0.1) is 0 Å². The molecule has 0 bridgehead atoms. The van der Waals surface area contributed by atoms with Crippen molar-refractivity contribution in [2.24, 2.45) is 0 Å². The molecule has 0 atom stereocenters. The van der Waals surface area contributed by atoms with Crippen molar-refractivity contribution in [1.82, 2.24) is 9.29 Å². The Kier molecular flexibility index (Phi) is 5.05. The van der Waals surface area contributed by atoms with Gasteiger partial charge in [0, 0.05) is 25.2 Å². The Labute approximate surface area is 150 Å². The SMILES string of the molecule is COc1ccc([N+](=O)[O-])cc1Oc1ccc(S(=O)(=O)N2CCCC2)cn1. The van der Waals surface area contributed by atoms with Gasteiger partial charge in [0.25, 0.3) is 5.69 Å². The van der Waals surface area contributed by atoms with Crippen LogP contribution in [0, 0.1) is 10.1 Å². The van der Waals surface area contributed by atoms with Gasteiger partial charge in [0.1, 0.15) is 4.90 Å². The number of pyridine rings is 1. The summed E-state index contributed by atoms with van der Waals surface area (Å²) >= 11 is 0. The lowest BCUT2D eigenvalue weighted by Crippen LogP contribution is -2.27. The van der Waals surface area contributed by atoms with Gasteiger partial charge in [-0.3, -0.25) is 10.1 Å². The quantitative estimate of drug-likeness (QED) is 0.560. The van der Waals surface area contributed by atoms with Crippen LogP contribution in [-0.4, -0.2) is 42.8 Å². The molecule has 1 aliphatic heterocycles. The molecule has 0 unspecified atom stereocenters. The molecule has 2 heterocycles. The summed E-state index contributed by atoms with van der Waals surface area (Å²) in [5.74, 6) is 0.514. The largest absolute Gasteiger partial charge is 0.493 e. The first-order valence-corrected chi connectivity index (χ1v) is 9.32. The number of aromatic nitrogens is 1. The van der Waals surface area contributed by atoms with Crippen molar-refractivity contribution in [1.29, 1.82) is 0 Å². The van der Waals surface area contributed by atoms with E-state index in [1.54, 1.807) is 0 Å². The second-order valence-electron chi connectivity index (χ2n) is 5.64. The highest BCUT2D eigenvalue weighted by Gasteiger charge is 2.27. The fraction of sp³-hybridized carbons (Fsp3) is 0.312. The van der Waals surface area contributed by atoms with Gasteiger partial charge in [0.15, 0.2) is 11.5 Å². The van der Waals surface area contributed by atoms with E-state index in [-0.39, 0.29) is 22.2 Å². The van der Waals surface area contributed by atoms with E-state index >= 15 is 0 Å². The monoisotopic (exact) mass is 379 g/mol. The Morgan fingerprint density at radius 1 is 1.15 bits per heavy atom.